The van der Waals surface area contributed by atoms with E-state index < -0.39 is 0 Å². The Kier molecular flexibility index (Phi) is 5.77. The third-order valence-corrected chi connectivity index (χ3v) is 3.11. The summed E-state index contributed by atoms with van der Waals surface area (Å²) in [6.07, 6.45) is 1.02. The summed E-state index contributed by atoms with van der Waals surface area (Å²) in [7, 11) is 1.68. The van der Waals surface area contributed by atoms with Gasteiger partial charge in [-0.25, -0.2) is 4.98 Å². The summed E-state index contributed by atoms with van der Waals surface area (Å²) in [6, 6.07) is 10.1. The van der Waals surface area contributed by atoms with Crippen LogP contribution in [0.1, 0.15) is 19.0 Å². The predicted octanol–water partition coefficient (Wildman–Crippen LogP) is 2.76. The van der Waals surface area contributed by atoms with Gasteiger partial charge in [0, 0.05) is 25.1 Å². The van der Waals surface area contributed by atoms with Gasteiger partial charge in [0.2, 0.25) is 0 Å². The average Bonchev–Trinajstić information content (AvgIpc) is 2.50. The van der Waals surface area contributed by atoms with Gasteiger partial charge in [-0.3, -0.25) is 0 Å². The molecular formula is C16H22N2O2. The van der Waals surface area contributed by atoms with E-state index in [9.17, 15) is 0 Å². The maximum Gasteiger partial charge on any atom is 0.145 e. The van der Waals surface area contributed by atoms with Crippen LogP contribution >= 0.6 is 0 Å². The molecule has 2 rings (SSSR count). The summed E-state index contributed by atoms with van der Waals surface area (Å²) in [4.78, 5) is 4.66. The highest BCUT2D eigenvalue weighted by Gasteiger charge is 2.03. The Bertz CT molecular complexity index is 543. The van der Waals surface area contributed by atoms with E-state index in [1.807, 2.05) is 25.1 Å². The molecule has 108 valence electrons. The van der Waals surface area contributed by atoms with Gasteiger partial charge in [0.1, 0.15) is 11.3 Å². The predicted molar refractivity (Wildman–Crippen MR) is 81.1 cm³/mol. The quantitative estimate of drug-likeness (QED) is 0.752. The Morgan fingerprint density at radius 1 is 1.20 bits per heavy atom. The van der Waals surface area contributed by atoms with Crippen molar-refractivity contribution in [3.63, 3.8) is 0 Å². The van der Waals surface area contributed by atoms with E-state index in [-0.39, 0.29) is 0 Å². The lowest BCUT2D eigenvalue weighted by Gasteiger charge is -2.08. The van der Waals surface area contributed by atoms with Crippen molar-refractivity contribution >= 4 is 10.9 Å². The fourth-order valence-corrected chi connectivity index (χ4v) is 2.08. The molecule has 1 aromatic carbocycles. The van der Waals surface area contributed by atoms with E-state index in [2.05, 4.69) is 22.4 Å². The Labute approximate surface area is 120 Å². The van der Waals surface area contributed by atoms with Gasteiger partial charge in [-0.05, 0) is 32.0 Å². The van der Waals surface area contributed by atoms with Gasteiger partial charge in [0.05, 0.1) is 12.8 Å². The molecule has 0 aliphatic rings. The van der Waals surface area contributed by atoms with Crippen molar-refractivity contribution in [2.75, 3.05) is 26.9 Å². The zero-order valence-corrected chi connectivity index (χ0v) is 12.2. The number of rotatable bonds is 8. The molecule has 0 amide bonds. The van der Waals surface area contributed by atoms with Crippen LogP contribution in [-0.4, -0.2) is 31.9 Å². The fourth-order valence-electron chi connectivity index (χ4n) is 2.08. The number of pyridine rings is 1. The van der Waals surface area contributed by atoms with Gasteiger partial charge in [-0.2, -0.15) is 0 Å². The molecule has 4 nitrogen and oxygen atoms in total. The van der Waals surface area contributed by atoms with Crippen molar-refractivity contribution in [3.05, 3.63) is 36.0 Å². The van der Waals surface area contributed by atoms with Gasteiger partial charge in [0.15, 0.2) is 0 Å². The lowest BCUT2D eigenvalue weighted by atomic mass is 10.2. The van der Waals surface area contributed by atoms with Crippen molar-refractivity contribution < 1.29 is 9.47 Å². The summed E-state index contributed by atoms with van der Waals surface area (Å²) >= 11 is 0. The summed E-state index contributed by atoms with van der Waals surface area (Å²) in [5, 5.41) is 4.48. The second-order valence-electron chi connectivity index (χ2n) is 4.56. The number of ether oxygens (including phenoxy) is 2. The fraction of sp³-hybridized carbons (Fsp3) is 0.438. The highest BCUT2D eigenvalue weighted by atomic mass is 16.5. The molecule has 0 fully saturated rings. The van der Waals surface area contributed by atoms with Gasteiger partial charge in [-0.15, -0.1) is 0 Å². The number of nitrogens with zero attached hydrogens (tertiary/aromatic N) is 1. The highest BCUT2D eigenvalue weighted by molar-refractivity contribution is 5.84. The molecule has 2 aromatic rings. The van der Waals surface area contributed by atoms with Crippen molar-refractivity contribution in [2.45, 2.75) is 19.9 Å². The van der Waals surface area contributed by atoms with Gasteiger partial charge in [-0.1, -0.05) is 18.2 Å². The standard InChI is InChI=1S/C16H22N2O2/c1-3-20-11-5-10-17-12-14-9-8-13-6-4-7-15(19-2)16(13)18-14/h4,6-9,17H,3,5,10-12H2,1-2H3. The molecule has 1 N–H and O–H groups in total. The number of nitrogens with one attached hydrogen (secondary N) is 1. The summed E-state index contributed by atoms with van der Waals surface area (Å²) in [6.45, 7) is 5.31. The van der Waals surface area contributed by atoms with Crippen molar-refractivity contribution in [1.82, 2.24) is 10.3 Å². The Morgan fingerprint density at radius 3 is 2.90 bits per heavy atom. The molecule has 0 aliphatic heterocycles. The third kappa shape index (κ3) is 3.92. The number of methoxy groups -OCH3 is 1. The average molecular weight is 274 g/mol. The smallest absolute Gasteiger partial charge is 0.145 e. The second kappa shape index (κ2) is 7.82. The minimum atomic E-state index is 0.764. The Hall–Kier alpha value is -1.65. The molecule has 0 unspecified atom stereocenters. The molecule has 0 radical (unpaired) electrons. The maximum atomic E-state index is 5.35. The third-order valence-electron chi connectivity index (χ3n) is 3.11. The van der Waals surface area contributed by atoms with Crippen LogP contribution in [0.5, 0.6) is 5.75 Å². The molecule has 0 atom stereocenters. The number of fused-ring (bicyclic) bond motifs is 1. The van der Waals surface area contributed by atoms with Crippen LogP contribution in [0.15, 0.2) is 30.3 Å². The van der Waals surface area contributed by atoms with E-state index in [1.165, 1.54) is 0 Å². The molecule has 0 aliphatic carbocycles. The molecule has 0 saturated heterocycles. The molecule has 0 saturated carbocycles. The molecule has 0 spiro atoms. The Morgan fingerprint density at radius 2 is 2.10 bits per heavy atom. The van der Waals surface area contributed by atoms with E-state index in [0.29, 0.717) is 0 Å². The first-order chi connectivity index (χ1) is 9.85. The first kappa shape index (κ1) is 14.8. The van der Waals surface area contributed by atoms with E-state index in [4.69, 9.17) is 9.47 Å². The van der Waals surface area contributed by atoms with Crippen LogP contribution < -0.4 is 10.1 Å². The topological polar surface area (TPSA) is 43.4 Å². The molecule has 4 heteroatoms. The summed E-state index contributed by atoms with van der Waals surface area (Å²) in [5.74, 6) is 0.820. The number of benzene rings is 1. The maximum absolute atomic E-state index is 5.35. The molecule has 0 bridgehead atoms. The monoisotopic (exact) mass is 274 g/mol. The number of aromatic nitrogens is 1. The lowest BCUT2D eigenvalue weighted by Crippen LogP contribution is -2.17. The van der Waals surface area contributed by atoms with Crippen molar-refractivity contribution in [1.29, 1.82) is 0 Å². The first-order valence-electron chi connectivity index (χ1n) is 7.06. The molecule has 1 heterocycles. The second-order valence-corrected chi connectivity index (χ2v) is 4.56. The van der Waals surface area contributed by atoms with E-state index in [1.54, 1.807) is 7.11 Å². The minimum absolute atomic E-state index is 0.764. The van der Waals surface area contributed by atoms with Crippen molar-refractivity contribution in [3.8, 4) is 5.75 Å². The SMILES string of the molecule is CCOCCCNCc1ccc2cccc(OC)c2n1. The zero-order valence-electron chi connectivity index (χ0n) is 12.2. The van der Waals surface area contributed by atoms with Crippen LogP contribution in [0.4, 0.5) is 0 Å². The number of hydrogen-bond donors (Lipinski definition) is 1. The zero-order chi connectivity index (χ0) is 14.2. The Balaban J connectivity index is 1.94. The van der Waals surface area contributed by atoms with Gasteiger partial charge in [0.25, 0.3) is 0 Å². The molecule has 1 aromatic heterocycles. The summed E-state index contributed by atoms with van der Waals surface area (Å²) in [5.41, 5.74) is 1.95. The van der Waals surface area contributed by atoms with Crippen LogP contribution in [0, 0.1) is 0 Å². The first-order valence-corrected chi connectivity index (χ1v) is 7.06. The van der Waals surface area contributed by atoms with Crippen LogP contribution in [-0.2, 0) is 11.3 Å². The van der Waals surface area contributed by atoms with Crippen LogP contribution in [0.25, 0.3) is 10.9 Å². The lowest BCUT2D eigenvalue weighted by molar-refractivity contribution is 0.144. The van der Waals surface area contributed by atoms with Crippen LogP contribution in [0.3, 0.4) is 0 Å². The van der Waals surface area contributed by atoms with Crippen molar-refractivity contribution in [2.24, 2.45) is 0 Å². The molecular weight excluding hydrogens is 252 g/mol. The highest BCUT2D eigenvalue weighted by Crippen LogP contribution is 2.23. The largest absolute Gasteiger partial charge is 0.494 e. The molecule has 20 heavy (non-hydrogen) atoms. The van der Waals surface area contributed by atoms with Gasteiger partial charge < -0.3 is 14.8 Å². The number of para-hydroxylation sites is 1. The summed E-state index contributed by atoms with van der Waals surface area (Å²) < 4.78 is 10.7. The minimum Gasteiger partial charge on any atom is -0.494 e. The van der Waals surface area contributed by atoms with E-state index in [0.717, 1.165) is 55.1 Å². The normalized spacial score (nSPS) is 10.9. The number of hydrogen-bond acceptors (Lipinski definition) is 4. The van der Waals surface area contributed by atoms with Crippen LogP contribution in [0.2, 0.25) is 0 Å². The van der Waals surface area contributed by atoms with E-state index >= 15 is 0 Å². The van der Waals surface area contributed by atoms with Gasteiger partial charge >= 0.3 is 0 Å².